The summed E-state index contributed by atoms with van der Waals surface area (Å²) in [4.78, 5) is 28.4. The molecule has 1 aromatic carbocycles. The van der Waals surface area contributed by atoms with Crippen LogP contribution in [0.2, 0.25) is 0 Å². The normalized spacial score (nSPS) is 17.8. The van der Waals surface area contributed by atoms with E-state index in [4.69, 9.17) is 4.74 Å². The molecule has 0 radical (unpaired) electrons. The van der Waals surface area contributed by atoms with Gasteiger partial charge in [-0.2, -0.15) is 0 Å². The number of amides is 2. The molecule has 2 amide bonds. The van der Waals surface area contributed by atoms with E-state index in [0.29, 0.717) is 18.5 Å². The van der Waals surface area contributed by atoms with Gasteiger partial charge in [0.05, 0.1) is 6.04 Å². The Morgan fingerprint density at radius 3 is 2.76 bits per heavy atom. The third-order valence-corrected chi connectivity index (χ3v) is 5.44. The molecule has 0 aromatic heterocycles. The lowest BCUT2D eigenvalue weighted by molar-refractivity contribution is -0.136. The number of hydrogen-bond acceptors (Lipinski definition) is 3. The molecular formula is C19H27N2O3P. The van der Waals surface area contributed by atoms with Crippen LogP contribution >= 0.6 is 9.24 Å². The molecule has 2 unspecified atom stereocenters. The highest BCUT2D eigenvalue weighted by Crippen LogP contribution is 2.26. The summed E-state index contributed by atoms with van der Waals surface area (Å²) in [7, 11) is 6.03. The van der Waals surface area contributed by atoms with Gasteiger partial charge in [-0.05, 0) is 42.3 Å². The standard InChI is InChI=1S/C19H27N2O3P/c1-6-14-10-17(25)12(2)9-15(14)19(23)20(4)16-7-8-18(22)21(11-24-5)13(16)3/h9-10,16H,3,6-8,11,25H2,1-2,4-5H3. The third kappa shape index (κ3) is 3.94. The molecule has 1 aliphatic rings. The monoisotopic (exact) mass is 362 g/mol. The largest absolute Gasteiger partial charge is 0.364 e. The smallest absolute Gasteiger partial charge is 0.254 e. The van der Waals surface area contributed by atoms with E-state index in [1.807, 2.05) is 19.9 Å². The Hall–Kier alpha value is -1.71. The van der Waals surface area contributed by atoms with E-state index in [2.05, 4.69) is 21.9 Å². The minimum atomic E-state index is -0.207. The molecule has 0 N–H and O–H groups in total. The van der Waals surface area contributed by atoms with Gasteiger partial charge < -0.3 is 9.64 Å². The predicted octanol–water partition coefficient (Wildman–Crippen LogP) is 2.24. The molecule has 1 heterocycles. The molecule has 0 aliphatic carbocycles. The van der Waals surface area contributed by atoms with E-state index < -0.39 is 0 Å². The minimum Gasteiger partial charge on any atom is -0.364 e. The molecule has 0 bridgehead atoms. The fourth-order valence-corrected chi connectivity index (χ4v) is 3.48. The van der Waals surface area contributed by atoms with Crippen molar-refractivity contribution in [1.29, 1.82) is 0 Å². The summed E-state index contributed by atoms with van der Waals surface area (Å²) in [5.74, 6) is -0.0517. The first-order valence-corrected chi connectivity index (χ1v) is 9.03. The fourth-order valence-electron chi connectivity index (χ4n) is 3.20. The van der Waals surface area contributed by atoms with Crippen molar-refractivity contribution in [3.63, 3.8) is 0 Å². The van der Waals surface area contributed by atoms with E-state index in [0.717, 1.165) is 28.4 Å². The Bertz CT molecular complexity index is 702. The molecule has 5 nitrogen and oxygen atoms in total. The Morgan fingerprint density at radius 1 is 1.48 bits per heavy atom. The first-order chi connectivity index (χ1) is 11.8. The number of likely N-dealkylation sites (tertiary alicyclic amines) is 1. The van der Waals surface area contributed by atoms with Gasteiger partial charge in [0.2, 0.25) is 5.91 Å². The zero-order valence-electron chi connectivity index (χ0n) is 15.5. The second-order valence-corrected chi connectivity index (χ2v) is 7.04. The van der Waals surface area contributed by atoms with E-state index in [1.165, 1.54) is 4.90 Å². The number of benzene rings is 1. The van der Waals surface area contributed by atoms with Gasteiger partial charge >= 0.3 is 0 Å². The zero-order valence-corrected chi connectivity index (χ0v) is 16.6. The van der Waals surface area contributed by atoms with Gasteiger partial charge in [-0.1, -0.05) is 19.6 Å². The third-order valence-electron chi connectivity index (χ3n) is 4.81. The van der Waals surface area contributed by atoms with Crippen LogP contribution in [0.5, 0.6) is 0 Å². The second-order valence-electron chi connectivity index (χ2n) is 6.42. The van der Waals surface area contributed by atoms with Crippen molar-refractivity contribution < 1.29 is 14.3 Å². The zero-order chi connectivity index (χ0) is 18.7. The summed E-state index contributed by atoms with van der Waals surface area (Å²) >= 11 is 0. The molecule has 25 heavy (non-hydrogen) atoms. The highest BCUT2D eigenvalue weighted by molar-refractivity contribution is 7.27. The molecule has 1 fully saturated rings. The molecule has 0 saturated carbocycles. The van der Waals surface area contributed by atoms with Crippen LogP contribution in [0.1, 0.15) is 41.3 Å². The lowest BCUT2D eigenvalue weighted by Gasteiger charge is -2.39. The number of likely N-dealkylation sites (N-methyl/N-ethyl adjacent to an activating group) is 1. The number of methoxy groups -OCH3 is 1. The number of aryl methyl sites for hydroxylation is 2. The van der Waals surface area contributed by atoms with E-state index in [1.54, 1.807) is 19.1 Å². The summed E-state index contributed by atoms with van der Waals surface area (Å²) in [6.45, 7) is 8.25. The molecule has 1 aliphatic heterocycles. The molecular weight excluding hydrogens is 335 g/mol. The average molecular weight is 362 g/mol. The van der Waals surface area contributed by atoms with Gasteiger partial charge in [-0.25, -0.2) is 0 Å². The maximum Gasteiger partial charge on any atom is 0.254 e. The van der Waals surface area contributed by atoms with Crippen LogP contribution in [0.4, 0.5) is 0 Å². The van der Waals surface area contributed by atoms with Gasteiger partial charge in [-0.15, -0.1) is 9.24 Å². The summed E-state index contributed by atoms with van der Waals surface area (Å²) in [6.07, 6.45) is 1.76. The first-order valence-electron chi connectivity index (χ1n) is 8.46. The average Bonchev–Trinajstić information content (AvgIpc) is 2.59. The van der Waals surface area contributed by atoms with Crippen molar-refractivity contribution in [3.8, 4) is 0 Å². The van der Waals surface area contributed by atoms with Crippen LogP contribution in [-0.2, 0) is 16.0 Å². The Balaban J connectivity index is 2.29. The summed E-state index contributed by atoms with van der Waals surface area (Å²) < 4.78 is 5.10. The number of rotatable bonds is 5. The maximum absolute atomic E-state index is 13.1. The lowest BCUT2D eigenvalue weighted by atomic mass is 9.97. The van der Waals surface area contributed by atoms with Crippen molar-refractivity contribution in [2.75, 3.05) is 20.9 Å². The van der Waals surface area contributed by atoms with Gasteiger partial charge in [0.25, 0.3) is 5.91 Å². The van der Waals surface area contributed by atoms with E-state index >= 15 is 0 Å². The van der Waals surface area contributed by atoms with Crippen molar-refractivity contribution >= 4 is 26.4 Å². The number of carbonyl (C=O) groups excluding carboxylic acids is 2. The van der Waals surface area contributed by atoms with Crippen LogP contribution in [-0.4, -0.2) is 48.5 Å². The number of hydrogen-bond donors (Lipinski definition) is 0. The lowest BCUT2D eigenvalue weighted by Crippen LogP contribution is -2.49. The van der Waals surface area contributed by atoms with Crippen LogP contribution < -0.4 is 5.30 Å². The molecule has 136 valence electrons. The maximum atomic E-state index is 13.1. The number of nitrogens with zero attached hydrogens (tertiary/aromatic N) is 2. The van der Waals surface area contributed by atoms with Gasteiger partial charge in [0.15, 0.2) is 0 Å². The van der Waals surface area contributed by atoms with Gasteiger partial charge in [0, 0.05) is 31.8 Å². The summed E-state index contributed by atoms with van der Waals surface area (Å²) in [6, 6.07) is 3.79. The Morgan fingerprint density at radius 2 is 2.16 bits per heavy atom. The highest BCUT2D eigenvalue weighted by Gasteiger charge is 2.34. The quantitative estimate of drug-likeness (QED) is 0.755. The minimum absolute atomic E-state index is 0.0126. The van der Waals surface area contributed by atoms with Crippen LogP contribution in [0, 0.1) is 6.92 Å². The SMILES string of the molecule is C=C1C(N(C)C(=O)c2cc(C)c(P)cc2CC)CCC(=O)N1COC. The van der Waals surface area contributed by atoms with Crippen molar-refractivity contribution in [1.82, 2.24) is 9.80 Å². The van der Waals surface area contributed by atoms with Crippen LogP contribution in [0.15, 0.2) is 24.4 Å². The van der Waals surface area contributed by atoms with Crippen molar-refractivity contribution in [3.05, 3.63) is 41.1 Å². The predicted molar refractivity (Wildman–Crippen MR) is 103 cm³/mol. The summed E-state index contributed by atoms with van der Waals surface area (Å²) in [5.41, 5.74) is 3.43. The second kappa shape index (κ2) is 8.11. The Kier molecular flexibility index (Phi) is 6.36. The van der Waals surface area contributed by atoms with Crippen molar-refractivity contribution in [2.45, 2.75) is 39.2 Å². The Labute approximate surface area is 152 Å². The van der Waals surface area contributed by atoms with Crippen LogP contribution in [0.3, 0.4) is 0 Å². The van der Waals surface area contributed by atoms with Crippen molar-refractivity contribution in [2.24, 2.45) is 0 Å². The molecule has 0 spiro atoms. The van der Waals surface area contributed by atoms with Gasteiger partial charge in [-0.3, -0.25) is 14.5 Å². The first kappa shape index (κ1) is 19.6. The fraction of sp³-hybridized carbons (Fsp3) is 0.474. The van der Waals surface area contributed by atoms with E-state index in [9.17, 15) is 9.59 Å². The number of ether oxygens (including phenoxy) is 1. The summed E-state index contributed by atoms with van der Waals surface area (Å²) in [5, 5.41) is 1.11. The molecule has 2 rings (SSSR count). The van der Waals surface area contributed by atoms with E-state index in [-0.39, 0.29) is 24.6 Å². The highest BCUT2D eigenvalue weighted by atomic mass is 31.0. The van der Waals surface area contributed by atoms with Crippen LogP contribution in [0.25, 0.3) is 0 Å². The molecule has 2 atom stereocenters. The number of piperidine rings is 1. The van der Waals surface area contributed by atoms with Gasteiger partial charge in [0.1, 0.15) is 6.73 Å². The number of carbonyl (C=O) groups is 2. The molecule has 1 aromatic rings. The molecule has 1 saturated heterocycles. The topological polar surface area (TPSA) is 49.9 Å². The molecule has 6 heteroatoms.